The summed E-state index contributed by atoms with van der Waals surface area (Å²) in [6.07, 6.45) is 2.82. The van der Waals surface area contributed by atoms with Gasteiger partial charge in [0.25, 0.3) is 0 Å². The number of rotatable bonds is 7. The standard InChI is InChI=1S/C14H20F2N2O/c1-2-10(7-8-17)3-6-14(19)18-13-9-11(15)4-5-12(13)16/h4-5,9-10H,2-3,6-8,17H2,1H3,(H,18,19). The highest BCUT2D eigenvalue weighted by atomic mass is 19.1. The topological polar surface area (TPSA) is 55.1 Å². The maximum atomic E-state index is 13.3. The molecule has 0 aliphatic carbocycles. The molecule has 0 saturated carbocycles. The molecule has 0 radical (unpaired) electrons. The van der Waals surface area contributed by atoms with E-state index in [4.69, 9.17) is 5.73 Å². The number of hydrogen-bond acceptors (Lipinski definition) is 2. The average Bonchev–Trinajstić information content (AvgIpc) is 2.39. The number of anilines is 1. The molecule has 1 atom stereocenters. The van der Waals surface area contributed by atoms with E-state index in [1.54, 1.807) is 0 Å². The molecule has 1 amide bonds. The number of nitrogens with two attached hydrogens (primary N) is 1. The zero-order chi connectivity index (χ0) is 14.3. The molecule has 0 fully saturated rings. The Morgan fingerprint density at radius 1 is 1.37 bits per heavy atom. The van der Waals surface area contributed by atoms with Crippen LogP contribution in [0.4, 0.5) is 14.5 Å². The summed E-state index contributed by atoms with van der Waals surface area (Å²) in [6.45, 7) is 2.64. The molecule has 1 rings (SSSR count). The van der Waals surface area contributed by atoms with Crippen LogP contribution < -0.4 is 11.1 Å². The van der Waals surface area contributed by atoms with E-state index in [-0.39, 0.29) is 18.0 Å². The normalized spacial score (nSPS) is 12.2. The van der Waals surface area contributed by atoms with Gasteiger partial charge in [0, 0.05) is 12.5 Å². The Morgan fingerprint density at radius 3 is 2.74 bits per heavy atom. The van der Waals surface area contributed by atoms with E-state index in [9.17, 15) is 13.6 Å². The van der Waals surface area contributed by atoms with Gasteiger partial charge < -0.3 is 11.1 Å². The molecule has 0 heterocycles. The second-order valence-electron chi connectivity index (χ2n) is 4.56. The first kappa shape index (κ1) is 15.6. The molecule has 0 spiro atoms. The zero-order valence-electron chi connectivity index (χ0n) is 11.1. The van der Waals surface area contributed by atoms with Gasteiger partial charge in [-0.25, -0.2) is 8.78 Å². The van der Waals surface area contributed by atoms with Crippen LogP contribution in [0.15, 0.2) is 18.2 Å². The van der Waals surface area contributed by atoms with Crippen LogP contribution in [0.3, 0.4) is 0 Å². The number of halogens is 2. The fourth-order valence-electron chi connectivity index (χ4n) is 1.93. The Kier molecular flexibility index (Phi) is 6.42. The van der Waals surface area contributed by atoms with Crippen LogP contribution in [0, 0.1) is 17.6 Å². The van der Waals surface area contributed by atoms with Crippen LogP contribution in [0.25, 0.3) is 0 Å². The lowest BCUT2D eigenvalue weighted by Gasteiger charge is -2.13. The number of nitrogens with one attached hydrogen (secondary N) is 1. The van der Waals surface area contributed by atoms with Gasteiger partial charge in [-0.15, -0.1) is 0 Å². The van der Waals surface area contributed by atoms with Crippen molar-refractivity contribution in [3.05, 3.63) is 29.8 Å². The third-order valence-corrected chi connectivity index (χ3v) is 3.13. The van der Waals surface area contributed by atoms with Crippen molar-refractivity contribution < 1.29 is 13.6 Å². The maximum Gasteiger partial charge on any atom is 0.224 e. The van der Waals surface area contributed by atoms with Gasteiger partial charge in [-0.3, -0.25) is 4.79 Å². The van der Waals surface area contributed by atoms with Crippen molar-refractivity contribution in [3.8, 4) is 0 Å². The minimum absolute atomic E-state index is 0.114. The van der Waals surface area contributed by atoms with Gasteiger partial charge in [0.1, 0.15) is 11.6 Å². The smallest absolute Gasteiger partial charge is 0.224 e. The van der Waals surface area contributed by atoms with Gasteiger partial charge in [0.15, 0.2) is 0 Å². The van der Waals surface area contributed by atoms with Crippen LogP contribution in [0.1, 0.15) is 32.6 Å². The average molecular weight is 270 g/mol. The van der Waals surface area contributed by atoms with Crippen molar-refractivity contribution in [2.24, 2.45) is 11.7 Å². The summed E-state index contributed by atoms with van der Waals surface area (Å²) in [5.41, 5.74) is 5.37. The minimum atomic E-state index is -0.635. The molecule has 3 N–H and O–H groups in total. The van der Waals surface area contributed by atoms with E-state index < -0.39 is 11.6 Å². The van der Waals surface area contributed by atoms with E-state index in [0.717, 1.165) is 31.0 Å². The summed E-state index contributed by atoms with van der Waals surface area (Å²) >= 11 is 0. The van der Waals surface area contributed by atoms with Crippen molar-refractivity contribution in [2.75, 3.05) is 11.9 Å². The Morgan fingerprint density at radius 2 is 2.11 bits per heavy atom. The number of carbonyl (C=O) groups excluding carboxylic acids is 1. The molecule has 3 nitrogen and oxygen atoms in total. The molecule has 0 aliphatic heterocycles. The fraction of sp³-hybridized carbons (Fsp3) is 0.500. The lowest BCUT2D eigenvalue weighted by Crippen LogP contribution is -2.15. The van der Waals surface area contributed by atoms with E-state index in [2.05, 4.69) is 5.32 Å². The molecule has 1 unspecified atom stereocenters. The number of benzene rings is 1. The summed E-state index contributed by atoms with van der Waals surface area (Å²) in [7, 11) is 0. The first-order valence-corrected chi connectivity index (χ1v) is 6.51. The SMILES string of the molecule is CCC(CCN)CCC(=O)Nc1cc(F)ccc1F. The summed E-state index contributed by atoms with van der Waals surface area (Å²) in [5, 5.41) is 2.39. The second-order valence-corrected chi connectivity index (χ2v) is 4.56. The van der Waals surface area contributed by atoms with E-state index in [1.165, 1.54) is 0 Å². The monoisotopic (exact) mass is 270 g/mol. The molecule has 5 heteroatoms. The summed E-state index contributed by atoms with van der Waals surface area (Å²) < 4.78 is 26.3. The number of carbonyl (C=O) groups is 1. The second kappa shape index (κ2) is 7.84. The van der Waals surface area contributed by atoms with Gasteiger partial charge in [-0.1, -0.05) is 13.3 Å². The minimum Gasteiger partial charge on any atom is -0.330 e. The van der Waals surface area contributed by atoms with Gasteiger partial charge in [0.2, 0.25) is 5.91 Å². The lowest BCUT2D eigenvalue weighted by atomic mass is 9.96. The van der Waals surface area contributed by atoms with Gasteiger partial charge in [0.05, 0.1) is 5.69 Å². The largest absolute Gasteiger partial charge is 0.330 e. The molecular weight excluding hydrogens is 250 g/mol. The van der Waals surface area contributed by atoms with Crippen molar-refractivity contribution in [1.82, 2.24) is 0 Å². The number of hydrogen-bond donors (Lipinski definition) is 2. The first-order valence-electron chi connectivity index (χ1n) is 6.51. The predicted molar refractivity (Wildman–Crippen MR) is 71.7 cm³/mol. The Labute approximate surface area is 112 Å². The van der Waals surface area contributed by atoms with E-state index in [0.29, 0.717) is 18.9 Å². The van der Waals surface area contributed by atoms with Crippen molar-refractivity contribution in [2.45, 2.75) is 32.6 Å². The lowest BCUT2D eigenvalue weighted by molar-refractivity contribution is -0.116. The van der Waals surface area contributed by atoms with E-state index >= 15 is 0 Å². The maximum absolute atomic E-state index is 13.3. The third-order valence-electron chi connectivity index (χ3n) is 3.13. The predicted octanol–water partition coefficient (Wildman–Crippen LogP) is 3.06. The molecule has 1 aromatic rings. The van der Waals surface area contributed by atoms with Crippen LogP contribution in [-0.2, 0) is 4.79 Å². The zero-order valence-corrected chi connectivity index (χ0v) is 11.1. The third kappa shape index (κ3) is 5.34. The highest BCUT2D eigenvalue weighted by Gasteiger charge is 2.11. The molecule has 19 heavy (non-hydrogen) atoms. The van der Waals surface area contributed by atoms with Crippen LogP contribution in [-0.4, -0.2) is 12.5 Å². The van der Waals surface area contributed by atoms with Crippen molar-refractivity contribution >= 4 is 11.6 Å². The van der Waals surface area contributed by atoms with Gasteiger partial charge in [-0.2, -0.15) is 0 Å². The van der Waals surface area contributed by atoms with Crippen molar-refractivity contribution in [3.63, 3.8) is 0 Å². The Bertz CT molecular complexity index is 424. The molecule has 0 saturated heterocycles. The van der Waals surface area contributed by atoms with Gasteiger partial charge in [-0.05, 0) is 37.4 Å². The summed E-state index contributed by atoms with van der Waals surface area (Å²) in [6, 6.07) is 2.98. The summed E-state index contributed by atoms with van der Waals surface area (Å²) in [4.78, 5) is 11.7. The molecule has 1 aromatic carbocycles. The highest BCUT2D eigenvalue weighted by molar-refractivity contribution is 5.90. The van der Waals surface area contributed by atoms with Crippen LogP contribution in [0.2, 0.25) is 0 Å². The molecule has 106 valence electrons. The van der Waals surface area contributed by atoms with E-state index in [1.807, 2.05) is 6.92 Å². The Hall–Kier alpha value is -1.49. The summed E-state index contributed by atoms with van der Waals surface area (Å²) in [5.74, 6) is -1.12. The Balaban J connectivity index is 2.48. The first-order chi connectivity index (χ1) is 9.06. The molecule has 0 bridgehead atoms. The highest BCUT2D eigenvalue weighted by Crippen LogP contribution is 2.18. The van der Waals surface area contributed by atoms with Crippen LogP contribution in [0.5, 0.6) is 0 Å². The fourth-order valence-corrected chi connectivity index (χ4v) is 1.93. The van der Waals surface area contributed by atoms with Crippen LogP contribution >= 0.6 is 0 Å². The van der Waals surface area contributed by atoms with Crippen molar-refractivity contribution in [1.29, 1.82) is 0 Å². The number of amides is 1. The molecular formula is C14H20F2N2O. The molecule has 0 aromatic heterocycles. The quantitative estimate of drug-likeness (QED) is 0.800. The van der Waals surface area contributed by atoms with Gasteiger partial charge >= 0.3 is 0 Å². The molecule has 0 aliphatic rings.